The lowest BCUT2D eigenvalue weighted by Gasteiger charge is -2.47. The van der Waals surface area contributed by atoms with Crippen molar-refractivity contribution in [2.75, 3.05) is 0 Å². The summed E-state index contributed by atoms with van der Waals surface area (Å²) in [6.07, 6.45) is 23.3. The zero-order valence-corrected chi connectivity index (χ0v) is 30.3. The van der Waals surface area contributed by atoms with Crippen molar-refractivity contribution in [3.8, 4) is 11.1 Å². The Bertz CT molecular complexity index is 2600. The minimum absolute atomic E-state index is 0.292. The lowest BCUT2D eigenvalue weighted by molar-refractivity contribution is 0.497. The molecule has 1 spiro atoms. The van der Waals surface area contributed by atoms with E-state index in [1.807, 2.05) is 29.7 Å². The molecule has 2 aliphatic carbocycles. The van der Waals surface area contributed by atoms with Gasteiger partial charge >= 0.3 is 0 Å². The molecule has 6 aromatic rings. The number of aliphatic imine (C=N–C) groups is 1. The Labute approximate surface area is 313 Å². The van der Waals surface area contributed by atoms with Gasteiger partial charge in [0.25, 0.3) is 0 Å². The largest absolute Gasteiger partial charge is 0.333 e. The first kappa shape index (κ1) is 30.6. The van der Waals surface area contributed by atoms with E-state index in [0.717, 1.165) is 19.3 Å². The molecule has 0 fully saturated rings. The van der Waals surface area contributed by atoms with Gasteiger partial charge in [-0.2, -0.15) is 0 Å². The third-order valence-electron chi connectivity index (χ3n) is 11.8. The van der Waals surface area contributed by atoms with Crippen molar-refractivity contribution in [2.24, 2.45) is 10.9 Å². The fraction of sp³-hybridized carbons (Fsp3) is 0.146. The van der Waals surface area contributed by atoms with Crippen LogP contribution in [0.15, 0.2) is 188 Å². The van der Waals surface area contributed by atoms with Crippen LogP contribution >= 0.6 is 23.5 Å². The summed E-state index contributed by atoms with van der Waals surface area (Å²) in [6, 6.07) is 42.2. The van der Waals surface area contributed by atoms with E-state index in [0.29, 0.717) is 18.0 Å². The molecular weight excluding hydrogens is 669 g/mol. The van der Waals surface area contributed by atoms with Gasteiger partial charge in [-0.1, -0.05) is 139 Å². The van der Waals surface area contributed by atoms with Crippen molar-refractivity contribution >= 4 is 51.5 Å². The standard InChI is InChI=1S/C48H36N2S2/c1-2-13-33(14-3-1)50-41-20-7-4-15-35(41)47-34(16-12-21-42(47)50)31-25-27-45-39(29-31)48(36-17-5-8-22-43(36)51-44-23-9-6-18-37(44)48)38-26-24-32(30-46(38)52-45)40-19-10-11-28-49-40/h1-13,15-18,20-29,32-33,40H,14,19,30H2. The molecule has 250 valence electrons. The second-order valence-electron chi connectivity index (χ2n) is 14.5. The van der Waals surface area contributed by atoms with Crippen molar-refractivity contribution in [1.82, 2.24) is 4.57 Å². The Kier molecular flexibility index (Phi) is 7.07. The number of allylic oxidation sites excluding steroid dienone is 8. The number of benzene rings is 5. The molecule has 2 nitrogen and oxygen atoms in total. The van der Waals surface area contributed by atoms with Crippen LogP contribution in [0.4, 0.5) is 0 Å². The molecule has 3 aliphatic heterocycles. The monoisotopic (exact) mass is 704 g/mol. The van der Waals surface area contributed by atoms with Gasteiger partial charge in [0.15, 0.2) is 0 Å². The van der Waals surface area contributed by atoms with Crippen LogP contribution in [0.25, 0.3) is 32.9 Å². The van der Waals surface area contributed by atoms with E-state index in [4.69, 9.17) is 4.99 Å². The van der Waals surface area contributed by atoms with E-state index in [-0.39, 0.29) is 0 Å². The van der Waals surface area contributed by atoms with Crippen LogP contribution in [-0.4, -0.2) is 16.8 Å². The maximum atomic E-state index is 4.93. The van der Waals surface area contributed by atoms with Crippen LogP contribution in [-0.2, 0) is 5.41 Å². The normalized spacial score (nSPS) is 22.1. The molecule has 1 aromatic heterocycles. The van der Waals surface area contributed by atoms with Crippen molar-refractivity contribution in [1.29, 1.82) is 0 Å². The molecule has 11 rings (SSSR count). The lowest BCUT2D eigenvalue weighted by atomic mass is 9.62. The summed E-state index contributed by atoms with van der Waals surface area (Å²) < 4.78 is 2.56. The summed E-state index contributed by atoms with van der Waals surface area (Å²) in [7, 11) is 0. The molecular formula is C48H36N2S2. The van der Waals surface area contributed by atoms with Gasteiger partial charge in [-0.25, -0.2) is 0 Å². The molecule has 3 unspecified atom stereocenters. The highest BCUT2D eigenvalue weighted by Gasteiger charge is 2.50. The molecule has 0 bridgehead atoms. The first-order valence-electron chi connectivity index (χ1n) is 18.4. The van der Waals surface area contributed by atoms with Gasteiger partial charge in [0.05, 0.1) is 23.0 Å². The minimum Gasteiger partial charge on any atom is -0.333 e. The highest BCUT2D eigenvalue weighted by molar-refractivity contribution is 8.03. The number of rotatable bonds is 3. The summed E-state index contributed by atoms with van der Waals surface area (Å²) in [5.74, 6) is 0.387. The lowest BCUT2D eigenvalue weighted by Crippen LogP contribution is -2.38. The van der Waals surface area contributed by atoms with Crippen LogP contribution < -0.4 is 0 Å². The zero-order chi connectivity index (χ0) is 34.2. The van der Waals surface area contributed by atoms with Crippen LogP contribution in [0.2, 0.25) is 0 Å². The summed E-state index contributed by atoms with van der Waals surface area (Å²) in [5.41, 5.74) is 10.3. The van der Waals surface area contributed by atoms with Crippen molar-refractivity contribution < 1.29 is 0 Å². The first-order chi connectivity index (χ1) is 25.8. The predicted octanol–water partition coefficient (Wildman–Crippen LogP) is 12.7. The molecule has 3 atom stereocenters. The topological polar surface area (TPSA) is 17.3 Å². The van der Waals surface area contributed by atoms with Gasteiger partial charge in [0, 0.05) is 43.1 Å². The summed E-state index contributed by atoms with van der Waals surface area (Å²) in [4.78, 5) is 10.4. The van der Waals surface area contributed by atoms with Crippen LogP contribution in [0.3, 0.4) is 0 Å². The highest BCUT2D eigenvalue weighted by Crippen LogP contribution is 2.63. The smallest absolute Gasteiger partial charge is 0.0742 e. The second-order valence-corrected chi connectivity index (χ2v) is 16.7. The van der Waals surface area contributed by atoms with Gasteiger partial charge < -0.3 is 4.57 Å². The van der Waals surface area contributed by atoms with E-state index in [2.05, 4.69) is 162 Å². The summed E-state index contributed by atoms with van der Waals surface area (Å²) in [5, 5.41) is 2.65. The van der Waals surface area contributed by atoms with Crippen molar-refractivity contribution in [3.63, 3.8) is 0 Å². The third-order valence-corrected chi connectivity index (χ3v) is 14.1. The van der Waals surface area contributed by atoms with Crippen molar-refractivity contribution in [2.45, 2.75) is 51.4 Å². The predicted molar refractivity (Wildman–Crippen MR) is 220 cm³/mol. The maximum absolute atomic E-state index is 4.93. The Balaban J connectivity index is 1.16. The number of aromatic nitrogens is 1. The minimum atomic E-state index is -0.428. The Hall–Kier alpha value is -5.03. The SMILES string of the molecule is C1=CCC(C2C=CC3=C(C2)Sc2ccc(-c4cccc5c4c4ccccc4n5C4C=CC=CC4)cc2C32c3ccccc3Sc3ccccc32)N=C1. The third kappa shape index (κ3) is 4.44. The number of para-hydroxylation sites is 1. The molecule has 0 radical (unpaired) electrons. The van der Waals surface area contributed by atoms with Gasteiger partial charge in [-0.3, -0.25) is 4.99 Å². The number of thioether (sulfide) groups is 1. The van der Waals surface area contributed by atoms with E-state index >= 15 is 0 Å². The quantitative estimate of drug-likeness (QED) is 0.182. The van der Waals surface area contributed by atoms with E-state index in [1.165, 1.54) is 74.8 Å². The Morgan fingerprint density at radius 3 is 2.23 bits per heavy atom. The second kappa shape index (κ2) is 12.0. The van der Waals surface area contributed by atoms with Gasteiger partial charge in [0.2, 0.25) is 0 Å². The van der Waals surface area contributed by atoms with Crippen molar-refractivity contribution in [3.05, 3.63) is 185 Å². The van der Waals surface area contributed by atoms with E-state index < -0.39 is 5.41 Å². The molecule has 5 aliphatic rings. The fourth-order valence-electron chi connectivity index (χ4n) is 9.52. The maximum Gasteiger partial charge on any atom is 0.0742 e. The van der Waals surface area contributed by atoms with E-state index in [1.54, 1.807) is 0 Å². The highest BCUT2D eigenvalue weighted by atomic mass is 32.2. The molecule has 5 aromatic carbocycles. The number of fused-ring (bicyclic) bond motifs is 10. The number of dihydropyridines is 1. The molecule has 52 heavy (non-hydrogen) atoms. The summed E-state index contributed by atoms with van der Waals surface area (Å²) in [6.45, 7) is 0. The van der Waals surface area contributed by atoms with Crippen LogP contribution in [0.5, 0.6) is 0 Å². The molecule has 4 heteroatoms. The average Bonchev–Trinajstić information content (AvgIpc) is 3.56. The average molecular weight is 705 g/mol. The molecule has 0 saturated heterocycles. The van der Waals surface area contributed by atoms with Gasteiger partial charge in [0.1, 0.15) is 0 Å². The Morgan fingerprint density at radius 1 is 0.654 bits per heavy atom. The molecule has 0 N–H and O–H groups in total. The molecule has 4 heterocycles. The van der Waals surface area contributed by atoms with Gasteiger partial charge in [-0.05, 0) is 100 Å². The number of nitrogens with zero attached hydrogens (tertiary/aromatic N) is 2. The first-order valence-corrected chi connectivity index (χ1v) is 20.1. The Morgan fingerprint density at radius 2 is 1.42 bits per heavy atom. The fourth-order valence-corrected chi connectivity index (χ4v) is 12.0. The number of hydrogen-bond donors (Lipinski definition) is 0. The summed E-state index contributed by atoms with van der Waals surface area (Å²) >= 11 is 3.91. The van der Waals surface area contributed by atoms with Gasteiger partial charge in [-0.15, -0.1) is 0 Å². The molecule has 0 amide bonds. The molecule has 0 saturated carbocycles. The van der Waals surface area contributed by atoms with E-state index in [9.17, 15) is 0 Å². The number of hydrogen-bond acceptors (Lipinski definition) is 3. The van der Waals surface area contributed by atoms with Crippen LogP contribution in [0, 0.1) is 5.92 Å². The zero-order valence-electron chi connectivity index (χ0n) is 28.7. The van der Waals surface area contributed by atoms with Crippen LogP contribution in [0.1, 0.15) is 42.0 Å².